The van der Waals surface area contributed by atoms with Gasteiger partial charge in [-0.2, -0.15) is 10.1 Å². The van der Waals surface area contributed by atoms with E-state index in [4.69, 9.17) is 4.52 Å². The number of fused-ring (bicyclic) bond motifs is 1. The van der Waals surface area contributed by atoms with Crippen LogP contribution in [0.5, 0.6) is 0 Å². The molecule has 0 saturated heterocycles. The third-order valence-electron chi connectivity index (χ3n) is 4.65. The first-order chi connectivity index (χ1) is 11.7. The summed E-state index contributed by atoms with van der Waals surface area (Å²) in [5.74, 6) is 1.86. The van der Waals surface area contributed by atoms with Crippen LogP contribution in [0.15, 0.2) is 35.0 Å². The fraction of sp³-hybridized carbons (Fsp3) is 0.389. The van der Waals surface area contributed by atoms with Crippen LogP contribution in [0.25, 0.3) is 0 Å². The van der Waals surface area contributed by atoms with Crippen LogP contribution in [0.1, 0.15) is 46.9 Å². The van der Waals surface area contributed by atoms with Crippen molar-refractivity contribution >= 4 is 0 Å². The smallest absolute Gasteiger partial charge is 0.240 e. The van der Waals surface area contributed by atoms with Gasteiger partial charge in [0.25, 0.3) is 0 Å². The van der Waals surface area contributed by atoms with Crippen molar-refractivity contribution in [2.45, 2.75) is 39.3 Å². The van der Waals surface area contributed by atoms with Crippen LogP contribution < -0.4 is 0 Å². The van der Waals surface area contributed by atoms with Gasteiger partial charge in [0.1, 0.15) is 0 Å². The molecular weight excluding hydrogens is 302 g/mol. The van der Waals surface area contributed by atoms with Gasteiger partial charge in [-0.05, 0) is 18.1 Å². The van der Waals surface area contributed by atoms with E-state index in [0.717, 1.165) is 18.9 Å². The van der Waals surface area contributed by atoms with E-state index in [1.54, 1.807) is 0 Å². The van der Waals surface area contributed by atoms with E-state index in [1.165, 1.54) is 22.4 Å². The molecule has 4 rings (SSSR count). The summed E-state index contributed by atoms with van der Waals surface area (Å²) >= 11 is 0. The highest BCUT2D eigenvalue weighted by Crippen LogP contribution is 2.26. The van der Waals surface area contributed by atoms with E-state index in [0.29, 0.717) is 24.8 Å². The number of benzene rings is 1. The van der Waals surface area contributed by atoms with Gasteiger partial charge in [0, 0.05) is 36.7 Å². The number of rotatable bonds is 4. The number of aromatic amines is 1. The summed E-state index contributed by atoms with van der Waals surface area (Å²) < 4.78 is 5.46. The molecule has 1 aromatic carbocycles. The van der Waals surface area contributed by atoms with E-state index < -0.39 is 0 Å². The van der Waals surface area contributed by atoms with Crippen LogP contribution in [0, 0.1) is 6.92 Å². The van der Waals surface area contributed by atoms with Gasteiger partial charge in [-0.15, -0.1) is 0 Å². The molecule has 0 radical (unpaired) electrons. The fourth-order valence-corrected chi connectivity index (χ4v) is 3.37. The Balaban J connectivity index is 1.44. The molecule has 0 spiro atoms. The van der Waals surface area contributed by atoms with Crippen LogP contribution >= 0.6 is 0 Å². The SMILES string of the molecule is Cc1ccccc1Cc1noc(CN2Cc3cn[nH]c3C(C)C2)n1. The van der Waals surface area contributed by atoms with Gasteiger partial charge in [-0.3, -0.25) is 10.00 Å². The van der Waals surface area contributed by atoms with Crippen LogP contribution in [-0.2, 0) is 19.5 Å². The topological polar surface area (TPSA) is 70.8 Å². The van der Waals surface area contributed by atoms with Gasteiger partial charge in [-0.1, -0.05) is 36.3 Å². The fourth-order valence-electron chi connectivity index (χ4n) is 3.37. The third kappa shape index (κ3) is 2.97. The maximum Gasteiger partial charge on any atom is 0.240 e. The van der Waals surface area contributed by atoms with Gasteiger partial charge >= 0.3 is 0 Å². The van der Waals surface area contributed by atoms with Gasteiger partial charge in [-0.25, -0.2) is 0 Å². The van der Waals surface area contributed by atoms with Crippen LogP contribution in [0.4, 0.5) is 0 Å². The molecule has 124 valence electrons. The lowest BCUT2D eigenvalue weighted by Crippen LogP contribution is -2.32. The largest absolute Gasteiger partial charge is 0.338 e. The molecule has 1 aliphatic heterocycles. The molecule has 1 unspecified atom stereocenters. The molecule has 3 aromatic rings. The van der Waals surface area contributed by atoms with Crippen molar-refractivity contribution in [2.24, 2.45) is 0 Å². The second-order valence-electron chi connectivity index (χ2n) is 6.59. The Labute approximate surface area is 140 Å². The van der Waals surface area contributed by atoms with Crippen LogP contribution in [0.3, 0.4) is 0 Å². The summed E-state index contributed by atoms with van der Waals surface area (Å²) in [4.78, 5) is 6.89. The maximum atomic E-state index is 5.46. The summed E-state index contributed by atoms with van der Waals surface area (Å²) in [5, 5.41) is 11.4. The number of nitrogens with one attached hydrogen (secondary N) is 1. The lowest BCUT2D eigenvalue weighted by Gasteiger charge is -2.29. The van der Waals surface area contributed by atoms with Crippen molar-refractivity contribution in [3.8, 4) is 0 Å². The van der Waals surface area contributed by atoms with Gasteiger partial charge in [0.15, 0.2) is 5.82 Å². The van der Waals surface area contributed by atoms with Crippen molar-refractivity contribution in [1.82, 2.24) is 25.2 Å². The first kappa shape index (κ1) is 15.1. The number of aromatic nitrogens is 4. The van der Waals surface area contributed by atoms with Crippen molar-refractivity contribution < 1.29 is 4.52 Å². The quantitative estimate of drug-likeness (QED) is 0.799. The lowest BCUT2D eigenvalue weighted by molar-refractivity contribution is 0.195. The van der Waals surface area contributed by atoms with Crippen molar-refractivity contribution in [3.63, 3.8) is 0 Å². The van der Waals surface area contributed by atoms with Crippen molar-refractivity contribution in [1.29, 1.82) is 0 Å². The average Bonchev–Trinajstić information content (AvgIpc) is 3.19. The van der Waals surface area contributed by atoms with Crippen molar-refractivity contribution in [3.05, 3.63) is 64.6 Å². The monoisotopic (exact) mass is 323 g/mol. The second-order valence-corrected chi connectivity index (χ2v) is 6.59. The zero-order valence-electron chi connectivity index (χ0n) is 14.0. The number of H-pyrrole nitrogens is 1. The average molecular weight is 323 g/mol. The maximum absolute atomic E-state index is 5.46. The van der Waals surface area contributed by atoms with Gasteiger partial charge < -0.3 is 4.52 Å². The van der Waals surface area contributed by atoms with Gasteiger partial charge in [0.05, 0.1) is 12.7 Å². The summed E-state index contributed by atoms with van der Waals surface area (Å²) in [6, 6.07) is 8.30. The van der Waals surface area contributed by atoms with Crippen molar-refractivity contribution in [2.75, 3.05) is 6.54 Å². The molecule has 0 bridgehead atoms. The summed E-state index contributed by atoms with van der Waals surface area (Å²) in [6.45, 7) is 6.82. The number of hydrogen-bond acceptors (Lipinski definition) is 5. The Bertz CT molecular complexity index is 837. The first-order valence-corrected chi connectivity index (χ1v) is 8.29. The highest BCUT2D eigenvalue weighted by atomic mass is 16.5. The summed E-state index contributed by atoms with van der Waals surface area (Å²) in [5.41, 5.74) is 4.99. The highest BCUT2D eigenvalue weighted by Gasteiger charge is 2.25. The molecule has 0 saturated carbocycles. The predicted molar refractivity (Wildman–Crippen MR) is 89.4 cm³/mol. The molecule has 3 heterocycles. The first-order valence-electron chi connectivity index (χ1n) is 8.29. The standard InChI is InChI=1S/C18H21N5O/c1-12-5-3-4-6-14(12)7-16-20-17(24-22-16)11-23-9-13(2)18-15(10-23)8-19-21-18/h3-6,8,13H,7,9-11H2,1-2H3,(H,19,21). The zero-order valence-corrected chi connectivity index (χ0v) is 14.0. The van der Waals surface area contributed by atoms with Crippen LogP contribution in [-0.4, -0.2) is 31.8 Å². The van der Waals surface area contributed by atoms with E-state index in [-0.39, 0.29) is 0 Å². The third-order valence-corrected chi connectivity index (χ3v) is 4.65. The molecule has 2 aromatic heterocycles. The number of nitrogens with zero attached hydrogens (tertiary/aromatic N) is 4. The minimum atomic E-state index is 0.436. The van der Waals surface area contributed by atoms with E-state index in [9.17, 15) is 0 Å². The second kappa shape index (κ2) is 6.20. The molecule has 24 heavy (non-hydrogen) atoms. The molecule has 1 atom stereocenters. The highest BCUT2D eigenvalue weighted by molar-refractivity contribution is 5.28. The summed E-state index contributed by atoms with van der Waals surface area (Å²) in [6.07, 6.45) is 2.62. The lowest BCUT2D eigenvalue weighted by atomic mass is 9.99. The molecule has 0 fully saturated rings. The Hall–Kier alpha value is -2.47. The molecule has 6 heteroatoms. The van der Waals surface area contributed by atoms with E-state index >= 15 is 0 Å². The minimum absolute atomic E-state index is 0.436. The number of aryl methyl sites for hydroxylation is 1. The molecular formula is C18H21N5O. The molecule has 1 aliphatic rings. The van der Waals surface area contributed by atoms with E-state index in [1.807, 2.05) is 18.3 Å². The Kier molecular flexibility index (Phi) is 3.90. The Morgan fingerprint density at radius 3 is 3.08 bits per heavy atom. The molecule has 1 N–H and O–H groups in total. The molecule has 0 amide bonds. The van der Waals surface area contributed by atoms with E-state index in [2.05, 4.69) is 51.2 Å². The molecule has 0 aliphatic carbocycles. The Morgan fingerprint density at radius 1 is 1.33 bits per heavy atom. The molecule has 6 nitrogen and oxygen atoms in total. The predicted octanol–water partition coefficient (Wildman–Crippen LogP) is 2.81. The Morgan fingerprint density at radius 2 is 2.21 bits per heavy atom. The minimum Gasteiger partial charge on any atom is -0.338 e. The van der Waals surface area contributed by atoms with Gasteiger partial charge in [0.2, 0.25) is 5.89 Å². The summed E-state index contributed by atoms with van der Waals surface area (Å²) in [7, 11) is 0. The normalized spacial score (nSPS) is 17.8. The van der Waals surface area contributed by atoms with Crippen LogP contribution in [0.2, 0.25) is 0 Å². The number of hydrogen-bond donors (Lipinski definition) is 1. The zero-order chi connectivity index (χ0) is 16.5.